The van der Waals surface area contributed by atoms with Crippen LogP contribution in [0.3, 0.4) is 0 Å². The smallest absolute Gasteiger partial charge is 0.383 e. The minimum atomic E-state index is -4.46. The summed E-state index contributed by atoms with van der Waals surface area (Å²) in [5.74, 6) is -0.582. The third-order valence-corrected chi connectivity index (χ3v) is 5.51. The highest BCUT2D eigenvalue weighted by molar-refractivity contribution is 6.30. The zero-order valence-corrected chi connectivity index (χ0v) is 17.8. The Labute approximate surface area is 191 Å². The van der Waals surface area contributed by atoms with Gasteiger partial charge in [-0.25, -0.2) is 4.98 Å². The van der Waals surface area contributed by atoms with E-state index >= 15 is 4.39 Å². The number of alkyl halides is 3. The van der Waals surface area contributed by atoms with E-state index in [1.54, 1.807) is 30.3 Å². The summed E-state index contributed by atoms with van der Waals surface area (Å²) < 4.78 is 55.0. The summed E-state index contributed by atoms with van der Waals surface area (Å²) in [4.78, 5) is 4.11. The topological polar surface area (TPSA) is 82.8 Å². The quantitative estimate of drug-likeness (QED) is 0.370. The van der Waals surface area contributed by atoms with Gasteiger partial charge in [0.25, 0.3) is 0 Å². The van der Waals surface area contributed by atoms with Crippen molar-refractivity contribution in [3.63, 3.8) is 0 Å². The molecule has 0 aliphatic carbocycles. The first kappa shape index (κ1) is 22.8. The lowest BCUT2D eigenvalue weighted by Gasteiger charge is -2.17. The monoisotopic (exact) mass is 475 g/mol. The van der Waals surface area contributed by atoms with Gasteiger partial charge in [-0.15, -0.1) is 5.10 Å². The van der Waals surface area contributed by atoms with Gasteiger partial charge < -0.3 is 11.5 Å². The molecule has 0 aliphatic heterocycles. The predicted molar refractivity (Wildman–Crippen MR) is 119 cm³/mol. The normalized spacial score (nSPS) is 12.7. The second-order valence-electron chi connectivity index (χ2n) is 7.31. The summed E-state index contributed by atoms with van der Waals surface area (Å²) in [5, 5.41) is 4.48. The van der Waals surface area contributed by atoms with Gasteiger partial charge in [0.15, 0.2) is 0 Å². The molecule has 0 saturated carbocycles. The Morgan fingerprint density at radius 3 is 2.24 bits per heavy atom. The van der Waals surface area contributed by atoms with Crippen LogP contribution in [-0.2, 0) is 6.18 Å². The summed E-state index contributed by atoms with van der Waals surface area (Å²) >= 11 is 5.97. The van der Waals surface area contributed by atoms with Crippen molar-refractivity contribution in [3.8, 4) is 22.3 Å². The van der Waals surface area contributed by atoms with Gasteiger partial charge in [-0.05, 0) is 41.5 Å². The van der Waals surface area contributed by atoms with Crippen LogP contribution in [0.15, 0.2) is 67.0 Å². The lowest BCUT2D eigenvalue weighted by atomic mass is 9.97. The van der Waals surface area contributed by atoms with E-state index in [2.05, 4.69) is 10.1 Å². The zero-order chi connectivity index (χ0) is 23.8. The fraction of sp³-hybridized carbons (Fsp3) is 0.130. The van der Waals surface area contributed by atoms with Gasteiger partial charge in [-0.1, -0.05) is 35.9 Å². The zero-order valence-electron chi connectivity index (χ0n) is 17.0. The number of benzene rings is 2. The number of pyridine rings is 1. The molecule has 0 radical (unpaired) electrons. The van der Waals surface area contributed by atoms with Crippen molar-refractivity contribution < 1.29 is 17.6 Å². The number of nitrogens with two attached hydrogens (primary N) is 2. The van der Waals surface area contributed by atoms with Crippen LogP contribution in [0.2, 0.25) is 5.02 Å². The van der Waals surface area contributed by atoms with E-state index in [0.717, 1.165) is 12.1 Å². The van der Waals surface area contributed by atoms with Crippen molar-refractivity contribution in [3.05, 3.63) is 89.1 Å². The van der Waals surface area contributed by atoms with Crippen LogP contribution >= 0.6 is 11.6 Å². The number of hydrogen-bond acceptors (Lipinski definition) is 4. The van der Waals surface area contributed by atoms with E-state index in [1.807, 2.05) is 0 Å². The van der Waals surface area contributed by atoms with Gasteiger partial charge in [-0.3, -0.25) is 4.68 Å². The summed E-state index contributed by atoms with van der Waals surface area (Å²) in [7, 11) is 0. The lowest BCUT2D eigenvalue weighted by molar-refractivity contribution is -0.137. The molecule has 0 bridgehead atoms. The maximum Gasteiger partial charge on any atom is 0.416 e. The van der Waals surface area contributed by atoms with Crippen LogP contribution in [0.5, 0.6) is 0 Å². The first-order valence-corrected chi connectivity index (χ1v) is 10.2. The van der Waals surface area contributed by atoms with Crippen molar-refractivity contribution in [1.29, 1.82) is 0 Å². The fourth-order valence-electron chi connectivity index (χ4n) is 3.62. The molecule has 2 aromatic carbocycles. The summed E-state index contributed by atoms with van der Waals surface area (Å²) in [6.45, 7) is -0.00551. The molecular formula is C23H18ClF4N5. The first-order chi connectivity index (χ1) is 15.7. The number of rotatable bonds is 5. The number of anilines is 1. The van der Waals surface area contributed by atoms with Crippen LogP contribution < -0.4 is 11.5 Å². The van der Waals surface area contributed by atoms with E-state index in [9.17, 15) is 13.2 Å². The van der Waals surface area contributed by atoms with Crippen LogP contribution in [0.1, 0.15) is 17.2 Å². The molecule has 0 saturated heterocycles. The van der Waals surface area contributed by atoms with Crippen molar-refractivity contribution in [2.24, 2.45) is 5.73 Å². The van der Waals surface area contributed by atoms with Gasteiger partial charge in [0.2, 0.25) is 5.95 Å². The van der Waals surface area contributed by atoms with Gasteiger partial charge in [0.05, 0.1) is 17.2 Å². The Morgan fingerprint density at radius 2 is 1.64 bits per heavy atom. The largest absolute Gasteiger partial charge is 0.416 e. The molecule has 4 rings (SSSR count). The molecule has 1 atom stereocenters. The number of aromatic nitrogens is 3. The molecule has 2 heterocycles. The highest BCUT2D eigenvalue weighted by Gasteiger charge is 2.30. The first-order valence-electron chi connectivity index (χ1n) is 9.81. The second-order valence-corrected chi connectivity index (χ2v) is 7.75. The van der Waals surface area contributed by atoms with E-state index in [-0.39, 0.29) is 17.9 Å². The Kier molecular flexibility index (Phi) is 6.09. The van der Waals surface area contributed by atoms with E-state index in [0.29, 0.717) is 27.3 Å². The Bertz CT molecular complexity index is 1270. The third kappa shape index (κ3) is 4.55. The standard InChI is InChI=1S/C23H18ClF4N5/c24-16-7-3-14(4-8-16)20-17(9-10-31-22(20)30)18-12-33(32-21(18)25)19(11-29)13-1-5-15(6-2-13)23(26,27)28/h1-10,12,19H,11,29H2,(H2,30,31). The second kappa shape index (κ2) is 8.84. The molecule has 2 aromatic heterocycles. The number of halogens is 5. The fourth-order valence-corrected chi connectivity index (χ4v) is 3.75. The Balaban J connectivity index is 1.76. The lowest BCUT2D eigenvalue weighted by Crippen LogP contribution is -2.21. The van der Waals surface area contributed by atoms with Crippen LogP contribution in [0.4, 0.5) is 23.4 Å². The maximum absolute atomic E-state index is 15.0. The van der Waals surface area contributed by atoms with Gasteiger partial charge in [0.1, 0.15) is 5.82 Å². The molecule has 0 aliphatic rings. The van der Waals surface area contributed by atoms with E-state index < -0.39 is 23.7 Å². The van der Waals surface area contributed by atoms with Crippen molar-refractivity contribution in [2.45, 2.75) is 12.2 Å². The summed E-state index contributed by atoms with van der Waals surface area (Å²) in [6, 6.07) is 12.3. The van der Waals surface area contributed by atoms with Gasteiger partial charge in [0, 0.05) is 35.1 Å². The molecule has 4 N–H and O–H groups in total. The van der Waals surface area contributed by atoms with Crippen LogP contribution in [-0.4, -0.2) is 21.3 Å². The number of nitrogens with zero attached hydrogens (tertiary/aromatic N) is 3. The molecule has 0 amide bonds. The summed E-state index contributed by atoms with van der Waals surface area (Å²) in [6.07, 6.45) is -1.54. The molecule has 10 heteroatoms. The van der Waals surface area contributed by atoms with E-state index in [1.165, 1.54) is 29.2 Å². The molecule has 5 nitrogen and oxygen atoms in total. The molecule has 4 aromatic rings. The maximum atomic E-state index is 15.0. The average Bonchev–Trinajstić information content (AvgIpc) is 3.15. The van der Waals surface area contributed by atoms with E-state index in [4.69, 9.17) is 23.1 Å². The molecular weight excluding hydrogens is 458 g/mol. The Morgan fingerprint density at radius 1 is 0.970 bits per heavy atom. The Hall–Kier alpha value is -3.43. The number of hydrogen-bond donors (Lipinski definition) is 2. The molecule has 0 fully saturated rings. The molecule has 170 valence electrons. The predicted octanol–water partition coefficient (Wildman–Crippen LogP) is 5.55. The molecule has 0 spiro atoms. The van der Waals surface area contributed by atoms with Crippen LogP contribution in [0, 0.1) is 5.95 Å². The average molecular weight is 476 g/mol. The van der Waals surface area contributed by atoms with Crippen molar-refractivity contribution >= 4 is 17.4 Å². The minimum absolute atomic E-state index is 0.00551. The van der Waals surface area contributed by atoms with Crippen molar-refractivity contribution in [2.75, 3.05) is 12.3 Å². The minimum Gasteiger partial charge on any atom is -0.383 e. The molecule has 1 unspecified atom stereocenters. The highest BCUT2D eigenvalue weighted by atomic mass is 35.5. The van der Waals surface area contributed by atoms with Crippen molar-refractivity contribution in [1.82, 2.24) is 14.8 Å². The summed E-state index contributed by atoms with van der Waals surface area (Å²) in [5.41, 5.74) is 13.5. The SMILES string of the molecule is NCC(c1ccc(C(F)(F)F)cc1)n1cc(-c2ccnc(N)c2-c2ccc(Cl)cc2)c(F)n1. The third-order valence-electron chi connectivity index (χ3n) is 5.26. The number of nitrogen functional groups attached to an aromatic ring is 1. The molecule has 33 heavy (non-hydrogen) atoms. The highest BCUT2D eigenvalue weighted by Crippen LogP contribution is 2.37. The van der Waals surface area contributed by atoms with Crippen LogP contribution in [0.25, 0.3) is 22.3 Å². The van der Waals surface area contributed by atoms with Gasteiger partial charge >= 0.3 is 6.18 Å². The van der Waals surface area contributed by atoms with Gasteiger partial charge in [-0.2, -0.15) is 17.6 Å².